The number of benzene rings is 1. The van der Waals surface area contributed by atoms with Crippen molar-refractivity contribution in [1.82, 2.24) is 10.6 Å². The number of rotatable bonds is 6. The van der Waals surface area contributed by atoms with Crippen LogP contribution >= 0.6 is 0 Å². The maximum Gasteiger partial charge on any atom is 0.315 e. The third kappa shape index (κ3) is 6.04. The molecule has 3 N–H and O–H groups in total. The van der Waals surface area contributed by atoms with E-state index in [2.05, 4.69) is 10.6 Å². The fourth-order valence-electron chi connectivity index (χ4n) is 1.67. The minimum absolute atomic E-state index is 0.153. The molecule has 0 fully saturated rings. The number of amides is 2. The maximum absolute atomic E-state index is 11.7. The SMILES string of the molecule is CC(C)=CCNC(=O)NC(CC(=O)O)c1ccccc1. The zero-order chi connectivity index (χ0) is 15.0. The van der Waals surface area contributed by atoms with Crippen LogP contribution in [0, 0.1) is 0 Å². The summed E-state index contributed by atoms with van der Waals surface area (Å²) < 4.78 is 0. The normalized spacial score (nSPS) is 11.3. The maximum atomic E-state index is 11.7. The molecule has 0 radical (unpaired) electrons. The smallest absolute Gasteiger partial charge is 0.315 e. The highest BCUT2D eigenvalue weighted by molar-refractivity contribution is 5.76. The Morgan fingerprint density at radius 1 is 1.25 bits per heavy atom. The Bertz CT molecular complexity index is 479. The third-order valence-corrected chi connectivity index (χ3v) is 2.66. The topological polar surface area (TPSA) is 78.4 Å². The standard InChI is InChI=1S/C15H20N2O3/c1-11(2)8-9-16-15(20)17-13(10-14(18)19)12-6-4-3-5-7-12/h3-8,13H,9-10H2,1-2H3,(H,18,19)(H2,16,17,20). The Balaban J connectivity index is 2.63. The first-order valence-electron chi connectivity index (χ1n) is 6.43. The van der Waals surface area contributed by atoms with Crippen molar-refractivity contribution in [3.63, 3.8) is 0 Å². The predicted octanol–water partition coefficient (Wildman–Crippen LogP) is 2.47. The van der Waals surface area contributed by atoms with Crippen LogP contribution in [0.2, 0.25) is 0 Å². The lowest BCUT2D eigenvalue weighted by atomic mass is 10.0. The molecule has 108 valence electrons. The van der Waals surface area contributed by atoms with E-state index in [0.29, 0.717) is 6.54 Å². The molecule has 0 aliphatic heterocycles. The van der Waals surface area contributed by atoms with E-state index in [1.165, 1.54) is 0 Å². The van der Waals surface area contributed by atoms with Crippen molar-refractivity contribution in [2.24, 2.45) is 0 Å². The van der Waals surface area contributed by atoms with Gasteiger partial charge in [-0.25, -0.2) is 4.79 Å². The highest BCUT2D eigenvalue weighted by atomic mass is 16.4. The van der Waals surface area contributed by atoms with Gasteiger partial charge in [-0.05, 0) is 19.4 Å². The van der Waals surface area contributed by atoms with Crippen LogP contribution in [0.4, 0.5) is 4.79 Å². The molecule has 0 saturated carbocycles. The minimum Gasteiger partial charge on any atom is -0.481 e. The van der Waals surface area contributed by atoms with Crippen LogP contribution in [0.25, 0.3) is 0 Å². The molecule has 0 aromatic heterocycles. The summed E-state index contributed by atoms with van der Waals surface area (Å²) in [5.74, 6) is -0.955. The monoisotopic (exact) mass is 276 g/mol. The predicted molar refractivity (Wildman–Crippen MR) is 77.4 cm³/mol. The summed E-state index contributed by atoms with van der Waals surface area (Å²) in [6.07, 6.45) is 1.73. The Hall–Kier alpha value is -2.30. The molecule has 2 amide bonds. The first kappa shape index (κ1) is 15.8. The average molecular weight is 276 g/mol. The van der Waals surface area contributed by atoms with E-state index in [1.54, 1.807) is 12.1 Å². The molecular weight excluding hydrogens is 256 g/mol. The molecule has 1 atom stereocenters. The van der Waals surface area contributed by atoms with Crippen molar-refractivity contribution in [2.75, 3.05) is 6.54 Å². The van der Waals surface area contributed by atoms with Crippen LogP contribution < -0.4 is 10.6 Å². The highest BCUT2D eigenvalue weighted by Crippen LogP contribution is 2.16. The molecular formula is C15H20N2O3. The van der Waals surface area contributed by atoms with Crippen molar-refractivity contribution < 1.29 is 14.7 Å². The molecule has 0 aliphatic carbocycles. The van der Waals surface area contributed by atoms with Gasteiger partial charge >= 0.3 is 12.0 Å². The van der Waals surface area contributed by atoms with Gasteiger partial charge < -0.3 is 15.7 Å². The summed E-state index contributed by atoms with van der Waals surface area (Å²) in [5, 5.41) is 14.3. The molecule has 0 bridgehead atoms. The lowest BCUT2D eigenvalue weighted by Crippen LogP contribution is -2.38. The molecule has 0 aliphatic rings. The molecule has 0 spiro atoms. The summed E-state index contributed by atoms with van der Waals surface area (Å²) in [5.41, 5.74) is 1.88. The lowest BCUT2D eigenvalue weighted by Gasteiger charge is -2.17. The van der Waals surface area contributed by atoms with Crippen LogP contribution in [0.3, 0.4) is 0 Å². The quantitative estimate of drug-likeness (QED) is 0.698. The minimum atomic E-state index is -0.955. The number of carbonyl (C=O) groups is 2. The van der Waals surface area contributed by atoms with E-state index < -0.39 is 12.0 Å². The van der Waals surface area contributed by atoms with Gasteiger partial charge in [0.25, 0.3) is 0 Å². The van der Waals surface area contributed by atoms with Gasteiger partial charge in [0.2, 0.25) is 0 Å². The molecule has 1 aromatic carbocycles. The zero-order valence-corrected chi connectivity index (χ0v) is 11.7. The van der Waals surface area contributed by atoms with Crippen LogP contribution in [0.1, 0.15) is 31.9 Å². The summed E-state index contributed by atoms with van der Waals surface area (Å²) in [6.45, 7) is 4.30. The fraction of sp³-hybridized carbons (Fsp3) is 0.333. The molecule has 1 unspecified atom stereocenters. The van der Waals surface area contributed by atoms with Crippen LogP contribution in [0.5, 0.6) is 0 Å². The number of hydrogen-bond donors (Lipinski definition) is 3. The van der Waals surface area contributed by atoms with E-state index in [1.807, 2.05) is 38.1 Å². The first-order valence-corrected chi connectivity index (χ1v) is 6.43. The second-order valence-corrected chi connectivity index (χ2v) is 4.70. The number of carboxylic acid groups (broad SMARTS) is 1. The molecule has 20 heavy (non-hydrogen) atoms. The van der Waals surface area contributed by atoms with Crippen LogP contribution in [0.15, 0.2) is 42.0 Å². The zero-order valence-electron chi connectivity index (χ0n) is 11.7. The van der Waals surface area contributed by atoms with Gasteiger partial charge in [-0.15, -0.1) is 0 Å². The van der Waals surface area contributed by atoms with Crippen molar-refractivity contribution >= 4 is 12.0 Å². The van der Waals surface area contributed by atoms with Gasteiger partial charge in [-0.2, -0.15) is 0 Å². The number of carboxylic acids is 1. The van der Waals surface area contributed by atoms with Crippen LogP contribution in [-0.2, 0) is 4.79 Å². The number of carbonyl (C=O) groups excluding carboxylic acids is 1. The summed E-state index contributed by atoms with van der Waals surface area (Å²) in [6, 6.07) is 8.14. The second kappa shape index (κ2) is 7.99. The molecule has 0 heterocycles. The van der Waals surface area contributed by atoms with Gasteiger partial charge in [0.15, 0.2) is 0 Å². The van der Waals surface area contributed by atoms with E-state index in [9.17, 15) is 9.59 Å². The summed E-state index contributed by atoms with van der Waals surface area (Å²) in [7, 11) is 0. The van der Waals surface area contributed by atoms with Crippen molar-refractivity contribution in [3.05, 3.63) is 47.5 Å². The third-order valence-electron chi connectivity index (χ3n) is 2.66. The Morgan fingerprint density at radius 2 is 1.90 bits per heavy atom. The van der Waals surface area contributed by atoms with Gasteiger partial charge in [-0.1, -0.05) is 42.0 Å². The van der Waals surface area contributed by atoms with E-state index in [4.69, 9.17) is 5.11 Å². The molecule has 1 aromatic rings. The number of nitrogens with one attached hydrogen (secondary N) is 2. The number of aliphatic carboxylic acids is 1. The number of hydrogen-bond acceptors (Lipinski definition) is 2. The Morgan fingerprint density at radius 3 is 2.45 bits per heavy atom. The Kier molecular flexibility index (Phi) is 6.29. The van der Waals surface area contributed by atoms with Gasteiger partial charge in [0.1, 0.15) is 0 Å². The molecule has 1 rings (SSSR count). The lowest BCUT2D eigenvalue weighted by molar-refractivity contribution is -0.137. The van der Waals surface area contributed by atoms with E-state index >= 15 is 0 Å². The van der Waals surface area contributed by atoms with E-state index in [0.717, 1.165) is 11.1 Å². The van der Waals surface area contributed by atoms with E-state index in [-0.39, 0.29) is 12.5 Å². The average Bonchev–Trinajstić information content (AvgIpc) is 2.38. The molecule has 5 heteroatoms. The van der Waals surface area contributed by atoms with Crippen molar-refractivity contribution in [3.8, 4) is 0 Å². The number of allylic oxidation sites excluding steroid dienone is 1. The van der Waals surface area contributed by atoms with Gasteiger partial charge in [0, 0.05) is 6.54 Å². The summed E-state index contributed by atoms with van der Waals surface area (Å²) in [4.78, 5) is 22.6. The van der Waals surface area contributed by atoms with Crippen LogP contribution in [-0.4, -0.2) is 23.7 Å². The second-order valence-electron chi connectivity index (χ2n) is 4.70. The number of urea groups is 1. The van der Waals surface area contributed by atoms with Gasteiger partial charge in [-0.3, -0.25) is 4.79 Å². The van der Waals surface area contributed by atoms with Crippen molar-refractivity contribution in [2.45, 2.75) is 26.3 Å². The first-order chi connectivity index (χ1) is 9.49. The highest BCUT2D eigenvalue weighted by Gasteiger charge is 2.17. The fourth-order valence-corrected chi connectivity index (χ4v) is 1.67. The van der Waals surface area contributed by atoms with Crippen molar-refractivity contribution in [1.29, 1.82) is 0 Å². The molecule has 0 saturated heterocycles. The largest absolute Gasteiger partial charge is 0.481 e. The van der Waals surface area contributed by atoms with Gasteiger partial charge in [0.05, 0.1) is 12.5 Å². The molecule has 5 nitrogen and oxygen atoms in total. The Labute approximate surface area is 118 Å². The summed E-state index contributed by atoms with van der Waals surface area (Å²) >= 11 is 0.